The predicted molar refractivity (Wildman–Crippen MR) is 129 cm³/mol. The van der Waals surface area contributed by atoms with Gasteiger partial charge in [-0.3, -0.25) is 4.98 Å². The minimum Gasteiger partial charge on any atom is -0.493 e. The standard InChI is InChI=1S/C25H25ClN2O2.ClH/c1-4-29-22-8-6-5-7-20(22)16-30-23-13-14-27-24-17(2)18(3)28(25(23)24)15-19-9-11-21(26)12-10-19;/h5-14H,4,15-16H2,1-3H3;1H. The van der Waals surface area contributed by atoms with E-state index < -0.39 is 0 Å². The molecule has 0 amide bonds. The second kappa shape index (κ2) is 10.1. The first-order valence-electron chi connectivity index (χ1n) is 10.1. The Morgan fingerprint density at radius 2 is 1.68 bits per heavy atom. The average Bonchev–Trinajstić information content (AvgIpc) is 3.00. The van der Waals surface area contributed by atoms with Crippen molar-refractivity contribution in [3.63, 3.8) is 0 Å². The number of hydrogen-bond acceptors (Lipinski definition) is 3. The molecule has 0 saturated heterocycles. The number of rotatable bonds is 7. The Hall–Kier alpha value is -2.69. The van der Waals surface area contributed by atoms with Crippen molar-refractivity contribution in [3.8, 4) is 11.5 Å². The van der Waals surface area contributed by atoms with Crippen molar-refractivity contribution >= 4 is 35.0 Å². The minimum atomic E-state index is 0. The number of aromatic nitrogens is 2. The van der Waals surface area contributed by atoms with Gasteiger partial charge in [0.05, 0.1) is 12.1 Å². The first-order chi connectivity index (χ1) is 14.6. The van der Waals surface area contributed by atoms with Gasteiger partial charge in [-0.05, 0) is 50.1 Å². The summed E-state index contributed by atoms with van der Waals surface area (Å²) < 4.78 is 14.3. The van der Waals surface area contributed by atoms with Gasteiger partial charge in [0.2, 0.25) is 0 Å². The average molecular weight is 457 g/mol. The maximum atomic E-state index is 6.30. The fourth-order valence-electron chi connectivity index (χ4n) is 3.67. The normalized spacial score (nSPS) is 10.7. The molecular weight excluding hydrogens is 431 g/mol. The summed E-state index contributed by atoms with van der Waals surface area (Å²) in [6.07, 6.45) is 1.81. The zero-order chi connectivity index (χ0) is 21.1. The van der Waals surface area contributed by atoms with E-state index in [2.05, 4.69) is 35.5 Å². The fraction of sp³-hybridized carbons (Fsp3) is 0.240. The third-order valence-electron chi connectivity index (χ3n) is 5.37. The van der Waals surface area contributed by atoms with Crippen molar-refractivity contribution < 1.29 is 9.47 Å². The van der Waals surface area contributed by atoms with Crippen LogP contribution in [-0.2, 0) is 13.2 Å². The van der Waals surface area contributed by atoms with E-state index in [0.29, 0.717) is 13.2 Å². The van der Waals surface area contributed by atoms with Crippen LogP contribution in [0.4, 0.5) is 0 Å². The topological polar surface area (TPSA) is 36.3 Å². The van der Waals surface area contributed by atoms with E-state index in [4.69, 9.17) is 21.1 Å². The molecule has 0 bridgehead atoms. The van der Waals surface area contributed by atoms with Crippen LogP contribution in [0.25, 0.3) is 11.0 Å². The fourth-order valence-corrected chi connectivity index (χ4v) is 3.80. The number of ether oxygens (including phenoxy) is 2. The molecule has 4 rings (SSSR count). The lowest BCUT2D eigenvalue weighted by Crippen LogP contribution is -2.05. The highest BCUT2D eigenvalue weighted by atomic mass is 35.5. The van der Waals surface area contributed by atoms with Gasteiger partial charge < -0.3 is 14.0 Å². The van der Waals surface area contributed by atoms with Crippen molar-refractivity contribution in [1.82, 2.24) is 9.55 Å². The third kappa shape index (κ3) is 4.81. The van der Waals surface area contributed by atoms with Gasteiger partial charge in [-0.15, -0.1) is 12.4 Å². The molecule has 2 aromatic heterocycles. The molecule has 0 saturated carbocycles. The second-order valence-corrected chi connectivity index (χ2v) is 7.70. The van der Waals surface area contributed by atoms with E-state index >= 15 is 0 Å². The highest BCUT2D eigenvalue weighted by molar-refractivity contribution is 6.30. The lowest BCUT2D eigenvalue weighted by atomic mass is 10.2. The number of nitrogens with zero attached hydrogens (tertiary/aromatic N) is 2. The van der Waals surface area contributed by atoms with E-state index in [1.807, 2.05) is 55.6 Å². The van der Waals surface area contributed by atoms with Crippen LogP contribution in [0.15, 0.2) is 60.8 Å². The molecule has 0 aliphatic rings. The molecule has 2 aromatic carbocycles. The number of aryl methyl sites for hydroxylation is 1. The van der Waals surface area contributed by atoms with Crippen LogP contribution in [-0.4, -0.2) is 16.2 Å². The summed E-state index contributed by atoms with van der Waals surface area (Å²) >= 11 is 6.06. The van der Waals surface area contributed by atoms with E-state index in [-0.39, 0.29) is 12.4 Å². The Kier molecular flexibility index (Phi) is 7.47. The van der Waals surface area contributed by atoms with E-state index in [9.17, 15) is 0 Å². The monoisotopic (exact) mass is 456 g/mol. The van der Waals surface area contributed by atoms with Crippen LogP contribution in [0.5, 0.6) is 11.5 Å². The summed E-state index contributed by atoms with van der Waals surface area (Å²) in [6, 6.07) is 17.9. The van der Waals surface area contributed by atoms with Crippen LogP contribution in [0.1, 0.15) is 29.3 Å². The van der Waals surface area contributed by atoms with Gasteiger partial charge in [0.15, 0.2) is 0 Å². The first kappa shape index (κ1) is 23.0. The SMILES string of the molecule is CCOc1ccccc1COc1ccnc2c(C)c(C)n(Cc3ccc(Cl)cc3)c12.Cl. The molecule has 31 heavy (non-hydrogen) atoms. The van der Waals surface area contributed by atoms with Gasteiger partial charge in [-0.1, -0.05) is 41.9 Å². The minimum absolute atomic E-state index is 0. The molecule has 4 nitrogen and oxygen atoms in total. The van der Waals surface area contributed by atoms with E-state index in [1.165, 1.54) is 16.8 Å². The molecule has 0 spiro atoms. The maximum Gasteiger partial charge on any atom is 0.147 e. The molecule has 0 radical (unpaired) electrons. The number of hydrogen-bond donors (Lipinski definition) is 0. The van der Waals surface area contributed by atoms with E-state index in [0.717, 1.165) is 39.7 Å². The molecular formula is C25H26Cl2N2O2. The number of fused-ring (bicyclic) bond motifs is 1. The van der Waals surface area contributed by atoms with Crippen LogP contribution < -0.4 is 9.47 Å². The van der Waals surface area contributed by atoms with Crippen molar-refractivity contribution in [3.05, 3.63) is 88.2 Å². The molecule has 6 heteroatoms. The van der Waals surface area contributed by atoms with E-state index in [1.54, 1.807) is 0 Å². The summed E-state index contributed by atoms with van der Waals surface area (Å²) in [7, 11) is 0. The van der Waals surface area contributed by atoms with Gasteiger partial charge in [-0.25, -0.2) is 0 Å². The molecule has 0 unspecified atom stereocenters. The Balaban J connectivity index is 0.00000272. The van der Waals surface area contributed by atoms with Crippen LogP contribution >= 0.6 is 24.0 Å². The summed E-state index contributed by atoms with van der Waals surface area (Å²) in [5.41, 5.74) is 6.52. The van der Waals surface area contributed by atoms with Gasteiger partial charge in [0.25, 0.3) is 0 Å². The molecule has 0 aliphatic carbocycles. The summed E-state index contributed by atoms with van der Waals surface area (Å²) in [5, 5.41) is 0.739. The molecule has 0 atom stereocenters. The highest BCUT2D eigenvalue weighted by Crippen LogP contribution is 2.32. The zero-order valence-corrected chi connectivity index (χ0v) is 19.5. The first-order valence-corrected chi connectivity index (χ1v) is 10.5. The van der Waals surface area contributed by atoms with Crippen LogP contribution in [0.3, 0.4) is 0 Å². The highest BCUT2D eigenvalue weighted by Gasteiger charge is 2.17. The molecule has 0 fully saturated rings. The summed E-state index contributed by atoms with van der Waals surface area (Å²) in [4.78, 5) is 4.63. The number of para-hydroxylation sites is 1. The van der Waals surface area contributed by atoms with Gasteiger partial charge >= 0.3 is 0 Å². The Morgan fingerprint density at radius 1 is 0.935 bits per heavy atom. The largest absolute Gasteiger partial charge is 0.493 e. The lowest BCUT2D eigenvalue weighted by molar-refractivity contribution is 0.288. The Bertz CT molecular complexity index is 1170. The van der Waals surface area contributed by atoms with Gasteiger partial charge in [0, 0.05) is 35.1 Å². The van der Waals surface area contributed by atoms with Crippen molar-refractivity contribution in [2.45, 2.75) is 33.9 Å². The van der Waals surface area contributed by atoms with Crippen LogP contribution in [0.2, 0.25) is 5.02 Å². The molecule has 162 valence electrons. The Morgan fingerprint density at radius 3 is 2.42 bits per heavy atom. The van der Waals surface area contributed by atoms with Gasteiger partial charge in [0.1, 0.15) is 23.6 Å². The second-order valence-electron chi connectivity index (χ2n) is 7.26. The smallest absolute Gasteiger partial charge is 0.147 e. The Labute approximate surface area is 194 Å². The maximum absolute atomic E-state index is 6.30. The molecule has 0 N–H and O–H groups in total. The van der Waals surface area contributed by atoms with Crippen molar-refractivity contribution in [2.75, 3.05) is 6.61 Å². The lowest BCUT2D eigenvalue weighted by Gasteiger charge is -2.14. The van der Waals surface area contributed by atoms with Crippen molar-refractivity contribution in [1.29, 1.82) is 0 Å². The summed E-state index contributed by atoms with van der Waals surface area (Å²) in [5.74, 6) is 1.67. The molecule has 2 heterocycles. The van der Waals surface area contributed by atoms with Crippen LogP contribution in [0, 0.1) is 13.8 Å². The van der Waals surface area contributed by atoms with Gasteiger partial charge in [-0.2, -0.15) is 0 Å². The number of benzene rings is 2. The number of pyridine rings is 1. The third-order valence-corrected chi connectivity index (χ3v) is 5.62. The molecule has 0 aliphatic heterocycles. The molecule has 4 aromatic rings. The quantitative estimate of drug-likeness (QED) is 0.308. The zero-order valence-electron chi connectivity index (χ0n) is 17.9. The van der Waals surface area contributed by atoms with Crippen molar-refractivity contribution in [2.24, 2.45) is 0 Å². The summed E-state index contributed by atoms with van der Waals surface area (Å²) in [6.45, 7) is 8.00. The number of halogens is 2. The predicted octanol–water partition coefficient (Wildman–Crippen LogP) is 6.75.